The van der Waals surface area contributed by atoms with Crippen LogP contribution in [0.4, 0.5) is 0 Å². The van der Waals surface area contributed by atoms with Gasteiger partial charge in [-0.05, 0) is 44.7 Å². The van der Waals surface area contributed by atoms with Crippen molar-refractivity contribution >= 4 is 10.0 Å². The molecule has 0 aliphatic carbocycles. The number of piperidine rings is 2. The Morgan fingerprint density at radius 1 is 1.14 bits per heavy atom. The summed E-state index contributed by atoms with van der Waals surface area (Å²) in [4.78, 5) is 2.60. The van der Waals surface area contributed by atoms with E-state index in [0.717, 1.165) is 32.5 Å². The van der Waals surface area contributed by atoms with Crippen LogP contribution >= 0.6 is 0 Å². The molecule has 5 nitrogen and oxygen atoms in total. The van der Waals surface area contributed by atoms with Crippen LogP contribution in [-0.2, 0) is 10.0 Å². The molecule has 0 amide bonds. The minimum Gasteiger partial charge on any atom is -0.315 e. The first kappa shape index (κ1) is 17.2. The van der Waals surface area contributed by atoms with Crippen molar-refractivity contribution < 1.29 is 8.42 Å². The van der Waals surface area contributed by atoms with Crippen molar-refractivity contribution in [3.63, 3.8) is 0 Å². The molecule has 124 valence electrons. The van der Waals surface area contributed by atoms with Gasteiger partial charge in [0, 0.05) is 32.2 Å². The molecular formula is C15H31N3O2S. The summed E-state index contributed by atoms with van der Waals surface area (Å²) in [6.07, 6.45) is 7.39. The average molecular weight is 317 g/mol. The van der Waals surface area contributed by atoms with Gasteiger partial charge < -0.3 is 5.32 Å². The van der Waals surface area contributed by atoms with Gasteiger partial charge in [-0.15, -0.1) is 0 Å². The smallest absolute Gasteiger partial charge is 0.211 e. The summed E-state index contributed by atoms with van der Waals surface area (Å²) in [5.41, 5.74) is 0. The summed E-state index contributed by atoms with van der Waals surface area (Å²) in [5, 5.41) is 3.47. The number of nitrogens with one attached hydrogen (secondary N) is 1. The van der Waals surface area contributed by atoms with Crippen molar-refractivity contribution in [3.05, 3.63) is 0 Å². The summed E-state index contributed by atoms with van der Waals surface area (Å²) in [5.74, 6) is 0.496. The van der Waals surface area contributed by atoms with Crippen molar-refractivity contribution in [1.29, 1.82) is 0 Å². The minimum atomic E-state index is -3.02. The number of nitrogens with zero attached hydrogens (tertiary/aromatic N) is 2. The number of hydrogen-bond acceptors (Lipinski definition) is 4. The second-order valence-corrected chi connectivity index (χ2v) is 8.56. The lowest BCUT2D eigenvalue weighted by Crippen LogP contribution is -2.50. The van der Waals surface area contributed by atoms with Gasteiger partial charge in [0.15, 0.2) is 0 Å². The first-order valence-electron chi connectivity index (χ1n) is 8.40. The molecule has 2 saturated heterocycles. The van der Waals surface area contributed by atoms with E-state index in [4.69, 9.17) is 0 Å². The molecule has 2 atom stereocenters. The second kappa shape index (κ2) is 7.90. The number of sulfonamides is 1. The van der Waals surface area contributed by atoms with E-state index in [1.54, 1.807) is 4.31 Å². The monoisotopic (exact) mass is 317 g/mol. The Hall–Kier alpha value is -0.170. The Morgan fingerprint density at radius 2 is 1.95 bits per heavy atom. The fourth-order valence-electron chi connectivity index (χ4n) is 3.65. The van der Waals surface area contributed by atoms with Gasteiger partial charge in [-0.2, -0.15) is 0 Å². The van der Waals surface area contributed by atoms with E-state index >= 15 is 0 Å². The van der Waals surface area contributed by atoms with Gasteiger partial charge in [-0.1, -0.05) is 13.3 Å². The summed E-state index contributed by atoms with van der Waals surface area (Å²) < 4.78 is 25.1. The van der Waals surface area contributed by atoms with Crippen molar-refractivity contribution in [3.8, 4) is 0 Å². The third-order valence-corrected chi connectivity index (χ3v) is 6.09. The highest BCUT2D eigenvalue weighted by atomic mass is 32.2. The van der Waals surface area contributed by atoms with Gasteiger partial charge in [0.1, 0.15) is 0 Å². The van der Waals surface area contributed by atoms with Gasteiger partial charge in [-0.3, -0.25) is 4.90 Å². The maximum atomic E-state index is 11.7. The maximum absolute atomic E-state index is 11.7. The van der Waals surface area contributed by atoms with Gasteiger partial charge in [0.25, 0.3) is 0 Å². The van der Waals surface area contributed by atoms with Crippen LogP contribution in [0.15, 0.2) is 0 Å². The summed E-state index contributed by atoms with van der Waals surface area (Å²) >= 11 is 0. The Bertz CT molecular complexity index is 413. The third kappa shape index (κ3) is 5.20. The minimum absolute atomic E-state index is 0.496. The van der Waals surface area contributed by atoms with Gasteiger partial charge in [-0.25, -0.2) is 12.7 Å². The predicted molar refractivity (Wildman–Crippen MR) is 86.9 cm³/mol. The molecule has 0 aromatic rings. The van der Waals surface area contributed by atoms with Gasteiger partial charge in [0.2, 0.25) is 10.0 Å². The number of likely N-dealkylation sites (tertiary alicyclic amines) is 1. The number of likely N-dealkylation sites (N-methyl/N-ethyl adjacent to an activating group) is 1. The molecule has 0 aromatic carbocycles. The third-order valence-electron chi connectivity index (χ3n) is 4.82. The molecule has 2 heterocycles. The highest BCUT2D eigenvalue weighted by molar-refractivity contribution is 7.88. The van der Waals surface area contributed by atoms with E-state index in [0.29, 0.717) is 25.0 Å². The molecule has 0 aromatic heterocycles. The first-order valence-corrected chi connectivity index (χ1v) is 10.3. The molecule has 0 spiro atoms. The zero-order chi connectivity index (χ0) is 15.3. The van der Waals surface area contributed by atoms with Crippen molar-refractivity contribution in [1.82, 2.24) is 14.5 Å². The quantitative estimate of drug-likeness (QED) is 0.798. The lowest BCUT2D eigenvalue weighted by molar-refractivity contribution is 0.105. The van der Waals surface area contributed by atoms with Crippen LogP contribution in [0.3, 0.4) is 0 Å². The van der Waals surface area contributed by atoms with Crippen LogP contribution in [0.5, 0.6) is 0 Å². The van der Waals surface area contributed by atoms with Crippen LogP contribution in [-0.4, -0.2) is 69.2 Å². The molecule has 2 rings (SSSR count). The molecular weight excluding hydrogens is 286 g/mol. The van der Waals surface area contributed by atoms with E-state index in [1.807, 2.05) is 0 Å². The van der Waals surface area contributed by atoms with Crippen LogP contribution in [0.2, 0.25) is 0 Å². The molecule has 2 fully saturated rings. The van der Waals surface area contributed by atoms with Crippen LogP contribution in [0.1, 0.15) is 39.0 Å². The molecule has 2 aliphatic heterocycles. The van der Waals surface area contributed by atoms with E-state index in [-0.39, 0.29) is 0 Å². The normalized spacial score (nSPS) is 29.6. The molecule has 2 unspecified atom stereocenters. The highest BCUT2D eigenvalue weighted by Crippen LogP contribution is 2.23. The molecule has 0 radical (unpaired) electrons. The fourth-order valence-corrected chi connectivity index (χ4v) is 4.59. The van der Waals surface area contributed by atoms with Crippen molar-refractivity contribution in [2.45, 2.75) is 45.1 Å². The molecule has 21 heavy (non-hydrogen) atoms. The lowest BCUT2D eigenvalue weighted by atomic mass is 9.95. The fraction of sp³-hybridized carbons (Fsp3) is 1.00. The number of rotatable bonds is 6. The largest absolute Gasteiger partial charge is 0.315 e. The predicted octanol–water partition coefficient (Wildman–Crippen LogP) is 1.12. The van der Waals surface area contributed by atoms with Crippen molar-refractivity contribution in [2.75, 3.05) is 45.5 Å². The highest BCUT2D eigenvalue weighted by Gasteiger charge is 2.29. The molecule has 0 saturated carbocycles. The second-order valence-electron chi connectivity index (χ2n) is 6.58. The van der Waals surface area contributed by atoms with Gasteiger partial charge >= 0.3 is 0 Å². The summed E-state index contributed by atoms with van der Waals surface area (Å²) in [6.45, 7) is 7.89. The van der Waals surface area contributed by atoms with Gasteiger partial charge in [0.05, 0.1) is 6.26 Å². The number of hydrogen-bond donors (Lipinski definition) is 1. The molecule has 2 aliphatic rings. The zero-order valence-corrected chi connectivity index (χ0v) is 14.4. The van der Waals surface area contributed by atoms with Crippen LogP contribution in [0, 0.1) is 5.92 Å². The summed E-state index contributed by atoms with van der Waals surface area (Å²) in [7, 11) is -3.02. The summed E-state index contributed by atoms with van der Waals surface area (Å²) in [6, 6.07) is 0.632. The maximum Gasteiger partial charge on any atom is 0.211 e. The standard InChI is InChI=1S/C15H31N3O2S/c1-3-16-11-15-8-4-5-9-17(15)12-14-7-6-10-18(13-14)21(2,19)20/h14-16H,3-13H2,1-2H3. The van der Waals surface area contributed by atoms with Crippen molar-refractivity contribution in [2.24, 2.45) is 5.92 Å². The molecule has 1 N–H and O–H groups in total. The Morgan fingerprint density at radius 3 is 2.67 bits per heavy atom. The Labute approximate surface area is 130 Å². The zero-order valence-electron chi connectivity index (χ0n) is 13.6. The van der Waals surface area contributed by atoms with Crippen LogP contribution in [0.25, 0.3) is 0 Å². The molecule has 0 bridgehead atoms. The molecule has 6 heteroatoms. The topological polar surface area (TPSA) is 52.6 Å². The van der Waals surface area contributed by atoms with E-state index in [9.17, 15) is 8.42 Å². The lowest BCUT2D eigenvalue weighted by Gasteiger charge is -2.40. The van der Waals surface area contributed by atoms with E-state index in [2.05, 4.69) is 17.1 Å². The van der Waals surface area contributed by atoms with Crippen LogP contribution < -0.4 is 5.32 Å². The average Bonchev–Trinajstić information content (AvgIpc) is 2.46. The van der Waals surface area contributed by atoms with E-state index < -0.39 is 10.0 Å². The van der Waals surface area contributed by atoms with E-state index in [1.165, 1.54) is 32.1 Å². The Kier molecular flexibility index (Phi) is 6.47. The first-order chi connectivity index (χ1) is 10.0. The SMILES string of the molecule is CCNCC1CCCCN1CC1CCCN(S(C)(=O)=O)C1. The Balaban J connectivity index is 1.89.